The normalized spacial score (nSPS) is 16.9. The largest absolute Gasteiger partial charge is 0.476 e. The Hall–Kier alpha value is -2.18. The topological polar surface area (TPSA) is 101 Å². The van der Waals surface area contributed by atoms with Gasteiger partial charge in [-0.1, -0.05) is 12.8 Å². The van der Waals surface area contributed by atoms with Gasteiger partial charge in [0.1, 0.15) is 6.04 Å². The van der Waals surface area contributed by atoms with Crippen LogP contribution < -0.4 is 10.9 Å². The Bertz CT molecular complexity index is 575. The van der Waals surface area contributed by atoms with Gasteiger partial charge in [0, 0.05) is 12.1 Å². The molecular weight excluding hydrogens is 262 g/mol. The van der Waals surface area contributed by atoms with Gasteiger partial charge in [-0.25, -0.2) is 9.48 Å². The van der Waals surface area contributed by atoms with E-state index in [-0.39, 0.29) is 17.6 Å². The highest BCUT2D eigenvalue weighted by atomic mass is 16.4. The quantitative estimate of drug-likeness (QED) is 0.838. The number of aromatic carboxylic acids is 1. The Morgan fingerprint density at radius 3 is 2.65 bits per heavy atom. The van der Waals surface area contributed by atoms with E-state index in [1.807, 2.05) is 0 Å². The average molecular weight is 279 g/mol. The van der Waals surface area contributed by atoms with Crippen LogP contribution in [0.5, 0.6) is 0 Å². The van der Waals surface area contributed by atoms with Crippen molar-refractivity contribution in [2.24, 2.45) is 0 Å². The first-order valence-electron chi connectivity index (χ1n) is 6.62. The number of carboxylic acids is 1. The standard InChI is InChI=1S/C13H17N3O4/c1-8(12(18)14-9-4-2-3-5-9)16-11(17)7-6-10(15-16)13(19)20/h6-9H,2-5H2,1H3,(H,14,18)(H,19,20). The zero-order valence-electron chi connectivity index (χ0n) is 11.2. The Kier molecular flexibility index (Phi) is 4.16. The summed E-state index contributed by atoms with van der Waals surface area (Å²) < 4.78 is 0.910. The lowest BCUT2D eigenvalue weighted by atomic mass is 10.2. The van der Waals surface area contributed by atoms with Gasteiger partial charge in [-0.3, -0.25) is 9.59 Å². The third kappa shape index (κ3) is 3.04. The van der Waals surface area contributed by atoms with Gasteiger partial charge in [0.05, 0.1) is 0 Å². The molecule has 1 atom stereocenters. The second-order valence-corrected chi connectivity index (χ2v) is 4.97. The fourth-order valence-corrected chi connectivity index (χ4v) is 2.32. The molecule has 7 nitrogen and oxygen atoms in total. The van der Waals surface area contributed by atoms with Crippen molar-refractivity contribution in [3.8, 4) is 0 Å². The predicted molar refractivity (Wildman–Crippen MR) is 70.6 cm³/mol. The number of carbonyl (C=O) groups is 2. The Labute approximate surface area is 115 Å². The molecule has 1 fully saturated rings. The van der Waals surface area contributed by atoms with E-state index in [9.17, 15) is 14.4 Å². The summed E-state index contributed by atoms with van der Waals surface area (Å²) >= 11 is 0. The van der Waals surface area contributed by atoms with Crippen LogP contribution >= 0.6 is 0 Å². The second-order valence-electron chi connectivity index (χ2n) is 4.97. The maximum Gasteiger partial charge on any atom is 0.356 e. The van der Waals surface area contributed by atoms with Crippen LogP contribution in [-0.2, 0) is 4.79 Å². The molecule has 108 valence electrons. The molecule has 20 heavy (non-hydrogen) atoms. The van der Waals surface area contributed by atoms with Crippen molar-refractivity contribution in [1.82, 2.24) is 15.1 Å². The summed E-state index contributed by atoms with van der Waals surface area (Å²) in [7, 11) is 0. The summed E-state index contributed by atoms with van der Waals surface area (Å²) in [5, 5.41) is 15.5. The smallest absolute Gasteiger partial charge is 0.356 e. The predicted octanol–water partition coefficient (Wildman–Crippen LogP) is 0.561. The minimum absolute atomic E-state index is 0.142. The Morgan fingerprint density at radius 1 is 1.40 bits per heavy atom. The lowest BCUT2D eigenvalue weighted by Crippen LogP contribution is -2.41. The molecule has 0 aromatic carbocycles. The van der Waals surface area contributed by atoms with E-state index >= 15 is 0 Å². The molecule has 0 spiro atoms. The maximum absolute atomic E-state index is 12.1. The third-order valence-corrected chi connectivity index (χ3v) is 3.49. The number of hydrogen-bond acceptors (Lipinski definition) is 4. The number of hydrogen-bond donors (Lipinski definition) is 2. The Morgan fingerprint density at radius 2 is 2.05 bits per heavy atom. The van der Waals surface area contributed by atoms with Gasteiger partial charge in [0.2, 0.25) is 5.91 Å². The van der Waals surface area contributed by atoms with E-state index in [2.05, 4.69) is 10.4 Å². The van der Waals surface area contributed by atoms with E-state index in [0.717, 1.165) is 42.5 Å². The number of rotatable bonds is 4. The van der Waals surface area contributed by atoms with Gasteiger partial charge in [0.25, 0.3) is 5.56 Å². The highest BCUT2D eigenvalue weighted by Crippen LogP contribution is 2.18. The molecule has 1 aliphatic carbocycles. The Balaban J connectivity index is 2.16. The monoisotopic (exact) mass is 279 g/mol. The average Bonchev–Trinajstić information content (AvgIpc) is 2.91. The van der Waals surface area contributed by atoms with Gasteiger partial charge in [0.15, 0.2) is 5.69 Å². The summed E-state index contributed by atoms with van der Waals surface area (Å²) in [6.07, 6.45) is 4.06. The molecule has 1 aliphatic rings. The van der Waals surface area contributed by atoms with E-state index in [4.69, 9.17) is 5.11 Å². The molecule has 7 heteroatoms. The molecule has 0 bridgehead atoms. The molecule has 2 N–H and O–H groups in total. The number of nitrogens with zero attached hydrogens (tertiary/aromatic N) is 2. The molecule has 1 aromatic rings. The van der Waals surface area contributed by atoms with Crippen molar-refractivity contribution >= 4 is 11.9 Å². The number of carboxylic acid groups (broad SMARTS) is 1. The molecule has 0 saturated heterocycles. The van der Waals surface area contributed by atoms with Crippen LogP contribution in [-0.4, -0.2) is 32.8 Å². The van der Waals surface area contributed by atoms with Crippen molar-refractivity contribution in [2.45, 2.75) is 44.7 Å². The van der Waals surface area contributed by atoms with Crippen molar-refractivity contribution in [2.75, 3.05) is 0 Å². The van der Waals surface area contributed by atoms with Crippen LogP contribution in [0.25, 0.3) is 0 Å². The van der Waals surface area contributed by atoms with Gasteiger partial charge in [-0.15, -0.1) is 0 Å². The lowest BCUT2D eigenvalue weighted by molar-refractivity contribution is -0.124. The third-order valence-electron chi connectivity index (χ3n) is 3.49. The number of aromatic nitrogens is 2. The molecular formula is C13H17N3O4. The van der Waals surface area contributed by atoms with Crippen LogP contribution in [0.1, 0.15) is 49.1 Å². The summed E-state index contributed by atoms with van der Waals surface area (Å²) in [5.74, 6) is -1.55. The minimum Gasteiger partial charge on any atom is -0.476 e. The summed E-state index contributed by atoms with van der Waals surface area (Å²) in [6.45, 7) is 1.53. The molecule has 0 aliphatic heterocycles. The molecule has 1 heterocycles. The summed E-state index contributed by atoms with van der Waals surface area (Å²) in [5.41, 5.74) is -0.755. The molecule has 0 radical (unpaired) electrons. The molecule has 1 aromatic heterocycles. The van der Waals surface area contributed by atoms with Gasteiger partial charge in [-0.05, 0) is 25.8 Å². The van der Waals surface area contributed by atoms with Crippen LogP contribution in [0.4, 0.5) is 0 Å². The molecule has 1 unspecified atom stereocenters. The zero-order valence-corrected chi connectivity index (χ0v) is 11.2. The SMILES string of the molecule is CC(C(=O)NC1CCCC1)n1nc(C(=O)O)ccc1=O. The highest BCUT2D eigenvalue weighted by Gasteiger charge is 2.23. The highest BCUT2D eigenvalue weighted by molar-refractivity contribution is 5.85. The van der Waals surface area contributed by atoms with E-state index < -0.39 is 17.6 Å². The number of amides is 1. The van der Waals surface area contributed by atoms with Crippen molar-refractivity contribution in [1.29, 1.82) is 0 Å². The lowest BCUT2D eigenvalue weighted by Gasteiger charge is -2.17. The summed E-state index contributed by atoms with van der Waals surface area (Å²) in [6, 6.07) is 1.55. The molecule has 2 rings (SSSR count). The van der Waals surface area contributed by atoms with Crippen molar-refractivity contribution < 1.29 is 14.7 Å². The van der Waals surface area contributed by atoms with E-state index in [1.165, 1.54) is 6.92 Å². The second kappa shape index (κ2) is 5.85. The molecule has 1 amide bonds. The minimum atomic E-state index is -1.23. The first-order valence-corrected chi connectivity index (χ1v) is 6.62. The van der Waals surface area contributed by atoms with Crippen LogP contribution in [0, 0.1) is 0 Å². The van der Waals surface area contributed by atoms with Gasteiger partial charge >= 0.3 is 5.97 Å². The fraction of sp³-hybridized carbons (Fsp3) is 0.538. The van der Waals surface area contributed by atoms with Gasteiger partial charge in [-0.2, -0.15) is 5.10 Å². The van der Waals surface area contributed by atoms with E-state index in [1.54, 1.807) is 0 Å². The fourth-order valence-electron chi connectivity index (χ4n) is 2.32. The maximum atomic E-state index is 12.1. The first-order chi connectivity index (χ1) is 9.49. The number of nitrogens with one attached hydrogen (secondary N) is 1. The van der Waals surface area contributed by atoms with Crippen molar-refractivity contribution in [3.05, 3.63) is 28.2 Å². The molecule has 1 saturated carbocycles. The van der Waals surface area contributed by atoms with Crippen molar-refractivity contribution in [3.63, 3.8) is 0 Å². The summed E-state index contributed by atoms with van der Waals surface area (Å²) in [4.78, 5) is 34.6. The van der Waals surface area contributed by atoms with E-state index in [0.29, 0.717) is 0 Å². The van der Waals surface area contributed by atoms with Crippen LogP contribution in [0.15, 0.2) is 16.9 Å². The van der Waals surface area contributed by atoms with Crippen LogP contribution in [0.3, 0.4) is 0 Å². The zero-order chi connectivity index (χ0) is 14.7. The van der Waals surface area contributed by atoms with Crippen LogP contribution in [0.2, 0.25) is 0 Å². The van der Waals surface area contributed by atoms with Gasteiger partial charge < -0.3 is 10.4 Å². The first kappa shape index (κ1) is 14.2. The number of carbonyl (C=O) groups excluding carboxylic acids is 1.